The second kappa shape index (κ2) is 15.1. The minimum absolute atomic E-state index is 0.00302. The molecule has 22 heavy (non-hydrogen) atoms. The van der Waals surface area contributed by atoms with E-state index >= 15 is 0 Å². The van der Waals surface area contributed by atoms with Crippen molar-refractivity contribution in [1.82, 2.24) is 16.0 Å². The van der Waals surface area contributed by atoms with Crippen LogP contribution in [0.15, 0.2) is 0 Å². The molecule has 0 aromatic heterocycles. The average Bonchev–Trinajstić information content (AvgIpc) is 2.49. The van der Waals surface area contributed by atoms with Crippen molar-refractivity contribution in [2.24, 2.45) is 0 Å². The van der Waals surface area contributed by atoms with Crippen molar-refractivity contribution in [3.8, 4) is 0 Å². The molecule has 7 heteroatoms. The number of carbonyl (C=O) groups is 1. The fraction of sp³-hybridized carbons (Fsp3) is 0.933. The topological polar surface area (TPSA) is 71.6 Å². The van der Waals surface area contributed by atoms with Gasteiger partial charge in [0.1, 0.15) is 6.17 Å². The molecule has 0 aliphatic rings. The number of halogens is 1. The Morgan fingerprint density at radius 1 is 1.09 bits per heavy atom. The number of nitrogens with one attached hydrogen (secondary N) is 3. The van der Waals surface area contributed by atoms with Gasteiger partial charge in [0.15, 0.2) is 0 Å². The van der Waals surface area contributed by atoms with Gasteiger partial charge in [-0.1, -0.05) is 20.8 Å². The van der Waals surface area contributed by atoms with Gasteiger partial charge in [-0.15, -0.1) is 0 Å². The highest BCUT2D eigenvalue weighted by atomic mass is 19.1. The molecule has 6 nitrogen and oxygen atoms in total. The molecule has 0 aromatic rings. The first-order valence-corrected chi connectivity index (χ1v) is 8.06. The molecule has 0 radical (unpaired) electrons. The minimum Gasteiger partial charge on any atom is -0.379 e. The lowest BCUT2D eigenvalue weighted by atomic mass is 10.4. The Labute approximate surface area is 133 Å². The smallest absolute Gasteiger partial charge is 0.219 e. The van der Waals surface area contributed by atoms with Gasteiger partial charge < -0.3 is 25.4 Å². The van der Waals surface area contributed by atoms with Gasteiger partial charge in [0.05, 0.1) is 33.0 Å². The molecule has 3 N–H and O–H groups in total. The van der Waals surface area contributed by atoms with Crippen molar-refractivity contribution in [2.45, 2.75) is 39.4 Å². The number of rotatable bonds is 15. The Bertz CT molecular complexity index is 268. The van der Waals surface area contributed by atoms with E-state index in [0.717, 1.165) is 13.1 Å². The molecule has 1 atom stereocenters. The summed E-state index contributed by atoms with van der Waals surface area (Å²) in [5, 5.41) is 8.92. The number of alkyl halides is 1. The first kappa shape index (κ1) is 21.2. The molecule has 0 heterocycles. The third-order valence-corrected chi connectivity index (χ3v) is 2.79. The predicted octanol–water partition coefficient (Wildman–Crippen LogP) is 0.472. The van der Waals surface area contributed by atoms with Crippen molar-refractivity contribution in [3.05, 3.63) is 0 Å². The molecule has 0 aliphatic carbocycles. The summed E-state index contributed by atoms with van der Waals surface area (Å²) >= 11 is 0. The van der Waals surface area contributed by atoms with Crippen LogP contribution in [0.1, 0.15) is 27.2 Å². The number of carbonyl (C=O) groups excluding carboxylic acids is 1. The Kier molecular flexibility index (Phi) is 14.6. The van der Waals surface area contributed by atoms with Gasteiger partial charge in [-0.3, -0.25) is 4.79 Å². The molecule has 0 fully saturated rings. The van der Waals surface area contributed by atoms with Gasteiger partial charge in [0, 0.05) is 32.1 Å². The van der Waals surface area contributed by atoms with Crippen LogP contribution in [0.3, 0.4) is 0 Å². The summed E-state index contributed by atoms with van der Waals surface area (Å²) in [6.07, 6.45) is -0.792. The van der Waals surface area contributed by atoms with Crippen LogP contribution in [0.25, 0.3) is 0 Å². The van der Waals surface area contributed by atoms with E-state index in [4.69, 9.17) is 9.47 Å². The van der Waals surface area contributed by atoms with Crippen LogP contribution in [-0.4, -0.2) is 70.7 Å². The fourth-order valence-corrected chi connectivity index (χ4v) is 1.56. The van der Waals surface area contributed by atoms with Crippen molar-refractivity contribution >= 4 is 5.91 Å². The fourth-order valence-electron chi connectivity index (χ4n) is 1.56. The Hall–Kier alpha value is -0.760. The Balaban J connectivity index is 3.18. The Morgan fingerprint density at radius 2 is 1.73 bits per heavy atom. The maximum Gasteiger partial charge on any atom is 0.219 e. The second-order valence-corrected chi connectivity index (χ2v) is 5.30. The number of amides is 1. The zero-order valence-corrected chi connectivity index (χ0v) is 14.1. The van der Waals surface area contributed by atoms with Crippen molar-refractivity contribution in [3.63, 3.8) is 0 Å². The molecule has 0 spiro atoms. The van der Waals surface area contributed by atoms with E-state index in [1.165, 1.54) is 0 Å². The van der Waals surface area contributed by atoms with E-state index in [1.807, 2.05) is 0 Å². The lowest BCUT2D eigenvalue weighted by molar-refractivity contribution is -0.121. The SMILES string of the molecule is CCC(=O)NCC(F)COCCNCCOCCNC(C)C. The lowest BCUT2D eigenvalue weighted by Gasteiger charge is -2.11. The first-order valence-electron chi connectivity index (χ1n) is 8.06. The largest absolute Gasteiger partial charge is 0.379 e. The quantitative estimate of drug-likeness (QED) is 0.383. The van der Waals surface area contributed by atoms with Gasteiger partial charge in [-0.2, -0.15) is 0 Å². The van der Waals surface area contributed by atoms with Crippen LogP contribution in [0.2, 0.25) is 0 Å². The van der Waals surface area contributed by atoms with E-state index in [-0.39, 0.29) is 19.1 Å². The molecule has 1 unspecified atom stereocenters. The lowest BCUT2D eigenvalue weighted by Crippen LogP contribution is -2.32. The average molecular weight is 321 g/mol. The molecular formula is C15H32FN3O3. The second-order valence-electron chi connectivity index (χ2n) is 5.30. The summed E-state index contributed by atoms with van der Waals surface area (Å²) in [7, 11) is 0. The van der Waals surface area contributed by atoms with Crippen LogP contribution in [0, 0.1) is 0 Å². The predicted molar refractivity (Wildman–Crippen MR) is 85.8 cm³/mol. The molecule has 0 saturated carbocycles. The van der Waals surface area contributed by atoms with E-state index in [1.54, 1.807) is 6.92 Å². The molecule has 0 aliphatic heterocycles. The van der Waals surface area contributed by atoms with Crippen LogP contribution in [-0.2, 0) is 14.3 Å². The molecule has 1 amide bonds. The molecule has 0 rings (SSSR count). The highest BCUT2D eigenvalue weighted by Crippen LogP contribution is 1.90. The van der Waals surface area contributed by atoms with E-state index in [2.05, 4.69) is 29.8 Å². The van der Waals surface area contributed by atoms with Crippen molar-refractivity contribution < 1.29 is 18.7 Å². The van der Waals surface area contributed by atoms with E-state index < -0.39 is 6.17 Å². The highest BCUT2D eigenvalue weighted by Gasteiger charge is 2.07. The van der Waals surface area contributed by atoms with Crippen LogP contribution in [0.5, 0.6) is 0 Å². The molecular weight excluding hydrogens is 289 g/mol. The summed E-state index contributed by atoms with van der Waals surface area (Å²) in [4.78, 5) is 10.9. The first-order chi connectivity index (χ1) is 10.6. The zero-order valence-electron chi connectivity index (χ0n) is 14.1. The minimum atomic E-state index is -1.16. The van der Waals surface area contributed by atoms with E-state index in [9.17, 15) is 9.18 Å². The highest BCUT2D eigenvalue weighted by molar-refractivity contribution is 5.75. The molecule has 0 saturated heterocycles. The summed E-state index contributed by atoms with van der Waals surface area (Å²) in [6.45, 7) is 9.99. The monoisotopic (exact) mass is 321 g/mol. The number of hydrogen-bond acceptors (Lipinski definition) is 5. The van der Waals surface area contributed by atoms with Gasteiger partial charge in [-0.25, -0.2) is 4.39 Å². The maximum absolute atomic E-state index is 13.3. The maximum atomic E-state index is 13.3. The normalized spacial score (nSPS) is 12.6. The van der Waals surface area contributed by atoms with Gasteiger partial charge >= 0.3 is 0 Å². The Morgan fingerprint density at radius 3 is 2.36 bits per heavy atom. The number of ether oxygens (including phenoxy) is 2. The van der Waals surface area contributed by atoms with Crippen LogP contribution in [0.4, 0.5) is 4.39 Å². The third-order valence-electron chi connectivity index (χ3n) is 2.79. The molecule has 0 bridgehead atoms. The van der Waals surface area contributed by atoms with Gasteiger partial charge in [0.2, 0.25) is 5.91 Å². The standard InChI is InChI=1S/C15H32FN3O3/c1-4-15(20)19-11-14(16)12-22-9-6-17-5-8-21-10-7-18-13(2)3/h13-14,17-18H,4-12H2,1-3H3,(H,19,20). The zero-order chi connectivity index (χ0) is 16.6. The van der Waals surface area contributed by atoms with Gasteiger partial charge in [-0.05, 0) is 0 Å². The summed E-state index contributed by atoms with van der Waals surface area (Å²) in [6, 6.07) is 0.480. The van der Waals surface area contributed by atoms with Crippen LogP contribution < -0.4 is 16.0 Å². The molecule has 0 aromatic carbocycles. The summed E-state index contributed by atoms with van der Waals surface area (Å²) in [5.41, 5.74) is 0. The third kappa shape index (κ3) is 15.6. The summed E-state index contributed by atoms with van der Waals surface area (Å²) < 4.78 is 23.9. The van der Waals surface area contributed by atoms with Gasteiger partial charge in [0.25, 0.3) is 0 Å². The molecule has 132 valence electrons. The van der Waals surface area contributed by atoms with Crippen molar-refractivity contribution in [2.75, 3.05) is 52.6 Å². The van der Waals surface area contributed by atoms with Crippen molar-refractivity contribution in [1.29, 1.82) is 0 Å². The number of hydrogen-bond donors (Lipinski definition) is 3. The van der Waals surface area contributed by atoms with E-state index in [0.29, 0.717) is 38.8 Å². The van der Waals surface area contributed by atoms with Crippen LogP contribution >= 0.6 is 0 Å². The summed E-state index contributed by atoms with van der Waals surface area (Å²) in [5.74, 6) is -0.145.